The maximum atomic E-state index is 12.5. The molecule has 1 N–H and O–H groups in total. The SMILES string of the molecule is Cc1cccc(-c2nnc(-c3ccc(C(=O)NCc4nncn4C4CC4)cc3)o2)c1. The third kappa shape index (κ3) is 3.71. The Hall–Kier alpha value is -3.81. The summed E-state index contributed by atoms with van der Waals surface area (Å²) in [6.45, 7) is 2.36. The van der Waals surface area contributed by atoms with Gasteiger partial charge in [0.25, 0.3) is 5.91 Å². The second-order valence-corrected chi connectivity index (χ2v) is 7.43. The fourth-order valence-electron chi connectivity index (χ4n) is 3.31. The lowest BCUT2D eigenvalue weighted by molar-refractivity contribution is 0.0949. The van der Waals surface area contributed by atoms with Gasteiger partial charge in [-0.25, -0.2) is 0 Å². The molecule has 1 aliphatic carbocycles. The van der Waals surface area contributed by atoms with E-state index in [4.69, 9.17) is 4.42 Å². The minimum absolute atomic E-state index is 0.169. The van der Waals surface area contributed by atoms with E-state index < -0.39 is 0 Å². The number of hydrogen-bond donors (Lipinski definition) is 1. The first-order valence-corrected chi connectivity index (χ1v) is 9.85. The van der Waals surface area contributed by atoms with Crippen molar-refractivity contribution in [3.63, 3.8) is 0 Å². The molecule has 0 atom stereocenters. The summed E-state index contributed by atoms with van der Waals surface area (Å²) in [6.07, 6.45) is 4.01. The first kappa shape index (κ1) is 18.2. The molecule has 2 heterocycles. The number of nitrogens with one attached hydrogen (secondary N) is 1. The molecule has 0 unspecified atom stereocenters. The van der Waals surface area contributed by atoms with Crippen molar-refractivity contribution < 1.29 is 9.21 Å². The van der Waals surface area contributed by atoms with Crippen LogP contribution in [-0.4, -0.2) is 30.9 Å². The Morgan fingerprint density at radius 2 is 1.83 bits per heavy atom. The Bertz CT molecular complexity index is 1190. The van der Waals surface area contributed by atoms with Crippen molar-refractivity contribution in [2.75, 3.05) is 0 Å². The van der Waals surface area contributed by atoms with E-state index in [0.29, 0.717) is 29.9 Å². The Kier molecular flexibility index (Phi) is 4.59. The van der Waals surface area contributed by atoms with Crippen LogP contribution in [0.2, 0.25) is 0 Å². The Labute approximate surface area is 173 Å². The van der Waals surface area contributed by atoms with Gasteiger partial charge >= 0.3 is 0 Å². The van der Waals surface area contributed by atoms with Crippen LogP contribution in [0.5, 0.6) is 0 Å². The van der Waals surface area contributed by atoms with E-state index in [1.165, 1.54) is 0 Å². The van der Waals surface area contributed by atoms with Gasteiger partial charge in [-0.3, -0.25) is 4.79 Å². The molecule has 1 amide bonds. The quantitative estimate of drug-likeness (QED) is 0.531. The topological polar surface area (TPSA) is 98.7 Å². The summed E-state index contributed by atoms with van der Waals surface area (Å²) in [5.74, 6) is 1.49. The number of hydrogen-bond acceptors (Lipinski definition) is 6. The van der Waals surface area contributed by atoms with Crippen LogP contribution in [-0.2, 0) is 6.54 Å². The summed E-state index contributed by atoms with van der Waals surface area (Å²) in [5.41, 5.74) is 3.31. The fraction of sp³-hybridized carbons (Fsp3) is 0.227. The van der Waals surface area contributed by atoms with Crippen molar-refractivity contribution in [1.82, 2.24) is 30.3 Å². The molecule has 30 heavy (non-hydrogen) atoms. The number of aromatic nitrogens is 5. The van der Waals surface area contributed by atoms with E-state index >= 15 is 0 Å². The summed E-state index contributed by atoms with van der Waals surface area (Å²) < 4.78 is 7.84. The second kappa shape index (κ2) is 7.55. The van der Waals surface area contributed by atoms with Gasteiger partial charge in [-0.05, 0) is 56.2 Å². The van der Waals surface area contributed by atoms with Gasteiger partial charge in [0, 0.05) is 22.7 Å². The number of rotatable bonds is 6. The lowest BCUT2D eigenvalue weighted by Crippen LogP contribution is -2.24. The number of amides is 1. The Balaban J connectivity index is 1.26. The van der Waals surface area contributed by atoms with E-state index in [1.807, 2.05) is 35.8 Å². The molecule has 150 valence electrons. The number of aryl methyl sites for hydroxylation is 1. The molecular formula is C22H20N6O2. The minimum atomic E-state index is -0.169. The molecule has 0 bridgehead atoms. The van der Waals surface area contributed by atoms with Gasteiger partial charge in [0.05, 0.1) is 6.54 Å². The van der Waals surface area contributed by atoms with Crippen LogP contribution in [0.4, 0.5) is 0 Å². The highest BCUT2D eigenvalue weighted by molar-refractivity contribution is 5.94. The average molecular weight is 400 g/mol. The van der Waals surface area contributed by atoms with Gasteiger partial charge in [0.1, 0.15) is 6.33 Å². The molecule has 5 rings (SSSR count). The number of carbonyl (C=O) groups excluding carboxylic acids is 1. The standard InChI is InChI=1S/C22H20N6O2/c1-14-3-2-4-17(11-14)22-27-26-21(30-22)16-7-5-15(6-8-16)20(29)23-12-19-25-24-13-28(19)18-9-10-18/h2-8,11,13,18H,9-10,12H2,1H3,(H,23,29). The molecule has 8 heteroatoms. The van der Waals surface area contributed by atoms with Crippen molar-refractivity contribution in [3.8, 4) is 22.9 Å². The van der Waals surface area contributed by atoms with Crippen LogP contribution in [0.25, 0.3) is 22.9 Å². The van der Waals surface area contributed by atoms with Crippen molar-refractivity contribution in [3.05, 3.63) is 71.8 Å². The molecule has 8 nitrogen and oxygen atoms in total. The second-order valence-electron chi connectivity index (χ2n) is 7.43. The maximum absolute atomic E-state index is 12.5. The van der Waals surface area contributed by atoms with E-state index in [1.54, 1.807) is 30.6 Å². The number of nitrogens with zero attached hydrogens (tertiary/aromatic N) is 5. The van der Waals surface area contributed by atoms with E-state index in [-0.39, 0.29) is 5.91 Å². The predicted molar refractivity (Wildman–Crippen MR) is 109 cm³/mol. The minimum Gasteiger partial charge on any atom is -0.416 e. The summed E-state index contributed by atoms with van der Waals surface area (Å²) in [4.78, 5) is 12.5. The summed E-state index contributed by atoms with van der Waals surface area (Å²) in [5, 5.41) is 19.2. The summed E-state index contributed by atoms with van der Waals surface area (Å²) in [7, 11) is 0. The third-order valence-electron chi connectivity index (χ3n) is 5.08. The zero-order chi connectivity index (χ0) is 20.5. The van der Waals surface area contributed by atoms with Gasteiger partial charge in [-0.15, -0.1) is 20.4 Å². The molecule has 0 saturated heterocycles. The molecule has 1 aliphatic rings. The van der Waals surface area contributed by atoms with Crippen molar-refractivity contribution in [2.45, 2.75) is 32.4 Å². The Morgan fingerprint density at radius 1 is 1.07 bits per heavy atom. The van der Waals surface area contributed by atoms with Crippen molar-refractivity contribution in [1.29, 1.82) is 0 Å². The summed E-state index contributed by atoms with van der Waals surface area (Å²) >= 11 is 0. The third-order valence-corrected chi connectivity index (χ3v) is 5.08. The number of carbonyl (C=O) groups is 1. The fourth-order valence-corrected chi connectivity index (χ4v) is 3.31. The van der Waals surface area contributed by atoms with E-state index in [9.17, 15) is 4.79 Å². The van der Waals surface area contributed by atoms with E-state index in [0.717, 1.165) is 35.4 Å². The highest BCUT2D eigenvalue weighted by Crippen LogP contribution is 2.35. The predicted octanol–water partition coefficient (Wildman–Crippen LogP) is 3.57. The van der Waals surface area contributed by atoms with E-state index in [2.05, 4.69) is 25.7 Å². The normalized spacial score (nSPS) is 13.4. The van der Waals surface area contributed by atoms with Gasteiger partial charge in [-0.1, -0.05) is 17.7 Å². The molecule has 2 aromatic heterocycles. The number of benzene rings is 2. The first-order valence-electron chi connectivity index (χ1n) is 9.85. The molecule has 1 saturated carbocycles. The van der Waals surface area contributed by atoms with Crippen molar-refractivity contribution >= 4 is 5.91 Å². The molecular weight excluding hydrogens is 380 g/mol. The van der Waals surface area contributed by atoms with Crippen LogP contribution in [0, 0.1) is 6.92 Å². The summed E-state index contributed by atoms with van der Waals surface area (Å²) in [6, 6.07) is 15.5. The van der Waals surface area contributed by atoms with Gasteiger partial charge < -0.3 is 14.3 Å². The largest absolute Gasteiger partial charge is 0.416 e. The lowest BCUT2D eigenvalue weighted by atomic mass is 10.1. The van der Waals surface area contributed by atoms with Crippen molar-refractivity contribution in [2.24, 2.45) is 0 Å². The molecule has 0 spiro atoms. The zero-order valence-electron chi connectivity index (χ0n) is 16.4. The maximum Gasteiger partial charge on any atom is 0.251 e. The lowest BCUT2D eigenvalue weighted by Gasteiger charge is -2.07. The molecule has 4 aromatic rings. The van der Waals surface area contributed by atoms with Gasteiger partial charge in [0.2, 0.25) is 11.8 Å². The van der Waals surface area contributed by atoms with Gasteiger partial charge in [-0.2, -0.15) is 0 Å². The zero-order valence-corrected chi connectivity index (χ0v) is 16.4. The molecule has 1 fully saturated rings. The van der Waals surface area contributed by atoms with Crippen LogP contribution < -0.4 is 5.32 Å². The Morgan fingerprint density at radius 3 is 2.57 bits per heavy atom. The molecule has 0 aliphatic heterocycles. The van der Waals surface area contributed by atoms with Crippen LogP contribution in [0.1, 0.15) is 40.6 Å². The smallest absolute Gasteiger partial charge is 0.251 e. The van der Waals surface area contributed by atoms with Crippen LogP contribution in [0.3, 0.4) is 0 Å². The highest BCUT2D eigenvalue weighted by atomic mass is 16.4. The monoisotopic (exact) mass is 400 g/mol. The van der Waals surface area contributed by atoms with Gasteiger partial charge in [0.15, 0.2) is 5.82 Å². The molecule has 0 radical (unpaired) electrons. The average Bonchev–Trinajstić information content (AvgIpc) is 3.30. The van der Waals surface area contributed by atoms with Crippen LogP contribution >= 0.6 is 0 Å². The highest BCUT2D eigenvalue weighted by Gasteiger charge is 2.26. The van der Waals surface area contributed by atoms with Crippen LogP contribution in [0.15, 0.2) is 59.3 Å². The first-order chi connectivity index (χ1) is 14.7. The molecule has 2 aromatic carbocycles.